The van der Waals surface area contributed by atoms with Crippen LogP contribution in [0.2, 0.25) is 0 Å². The number of carbonyl (C=O) groups excluding carboxylic acids is 3. The van der Waals surface area contributed by atoms with Gasteiger partial charge in [0, 0.05) is 6.54 Å². The molecule has 13 heteroatoms. The summed E-state index contributed by atoms with van der Waals surface area (Å²) < 4.78 is 0. The first-order valence-corrected chi connectivity index (χ1v) is 13.0. The van der Waals surface area contributed by atoms with Gasteiger partial charge >= 0.3 is 5.97 Å². The molecular weight excluding hydrogens is 480 g/mol. The normalized spacial score (nSPS) is 15.1. The van der Waals surface area contributed by atoms with Crippen LogP contribution in [0.1, 0.15) is 72.6 Å². The SMILES string of the molecule is CCC(C)C(NC(=O)C(N)CCCN=C(N)N)C(=O)NC(CC(C)C)C(=O)NC(CCCCN)C(=O)O. The number of nitrogens with one attached hydrogen (secondary N) is 3. The zero-order chi connectivity index (χ0) is 28.5. The van der Waals surface area contributed by atoms with Crippen LogP contribution in [0.25, 0.3) is 0 Å². The molecule has 214 valence electrons. The highest BCUT2D eigenvalue weighted by molar-refractivity contribution is 5.94. The number of nitrogens with two attached hydrogens (primary N) is 4. The number of unbranched alkanes of at least 4 members (excludes halogenated alkanes) is 1. The molecule has 0 heterocycles. The summed E-state index contributed by atoms with van der Waals surface area (Å²) in [5.41, 5.74) is 22.0. The molecular formula is C24H48N8O5. The minimum absolute atomic E-state index is 0.0341. The van der Waals surface area contributed by atoms with Crippen molar-refractivity contribution in [3.8, 4) is 0 Å². The number of hydrogen-bond donors (Lipinski definition) is 8. The summed E-state index contributed by atoms with van der Waals surface area (Å²) in [6, 6.07) is -3.86. The number of carboxylic acid groups (broad SMARTS) is 1. The standard InChI is InChI=1S/C24H48N8O5/c1-5-15(4)19(32-20(33)16(26)9-8-12-29-24(27)28)22(35)31-18(13-14(2)3)21(34)30-17(23(36)37)10-6-7-11-25/h14-19H,5-13,25-26H2,1-4H3,(H,30,34)(H,31,35)(H,32,33)(H,36,37)(H4,27,28,29). The van der Waals surface area contributed by atoms with E-state index in [0.717, 1.165) is 0 Å². The van der Waals surface area contributed by atoms with Crippen molar-refractivity contribution in [1.82, 2.24) is 16.0 Å². The lowest BCUT2D eigenvalue weighted by molar-refractivity contribution is -0.142. The molecule has 5 atom stereocenters. The van der Waals surface area contributed by atoms with E-state index < -0.39 is 47.9 Å². The zero-order valence-corrected chi connectivity index (χ0v) is 22.7. The Labute approximate surface area is 219 Å². The molecule has 3 amide bonds. The first kappa shape index (κ1) is 34.1. The molecule has 13 nitrogen and oxygen atoms in total. The molecule has 0 bridgehead atoms. The van der Waals surface area contributed by atoms with Crippen molar-refractivity contribution in [1.29, 1.82) is 0 Å². The van der Waals surface area contributed by atoms with Gasteiger partial charge in [-0.3, -0.25) is 19.4 Å². The molecule has 0 saturated heterocycles. The molecule has 0 radical (unpaired) electrons. The monoisotopic (exact) mass is 528 g/mol. The van der Waals surface area contributed by atoms with Crippen LogP contribution in [-0.2, 0) is 19.2 Å². The summed E-state index contributed by atoms with van der Waals surface area (Å²) in [5, 5.41) is 17.5. The molecule has 5 unspecified atom stereocenters. The number of carboxylic acids is 1. The van der Waals surface area contributed by atoms with Gasteiger partial charge in [0.15, 0.2) is 5.96 Å². The highest BCUT2D eigenvalue weighted by Crippen LogP contribution is 2.12. The lowest BCUT2D eigenvalue weighted by Gasteiger charge is -2.28. The highest BCUT2D eigenvalue weighted by atomic mass is 16.4. The summed E-state index contributed by atoms with van der Waals surface area (Å²) in [6.07, 6.45) is 3.09. The van der Waals surface area contributed by atoms with E-state index in [-0.39, 0.29) is 30.6 Å². The summed E-state index contributed by atoms with van der Waals surface area (Å²) in [4.78, 5) is 54.4. The van der Waals surface area contributed by atoms with Crippen molar-refractivity contribution in [3.05, 3.63) is 0 Å². The summed E-state index contributed by atoms with van der Waals surface area (Å²) >= 11 is 0. The zero-order valence-electron chi connectivity index (χ0n) is 22.7. The van der Waals surface area contributed by atoms with Gasteiger partial charge in [-0.2, -0.15) is 0 Å². The van der Waals surface area contributed by atoms with Crippen LogP contribution in [-0.4, -0.2) is 72.0 Å². The van der Waals surface area contributed by atoms with Crippen LogP contribution in [0.15, 0.2) is 4.99 Å². The average Bonchev–Trinajstić information content (AvgIpc) is 2.82. The molecule has 0 aromatic heterocycles. The predicted molar refractivity (Wildman–Crippen MR) is 143 cm³/mol. The number of hydrogen-bond acceptors (Lipinski definition) is 7. The maximum absolute atomic E-state index is 13.2. The second-order valence-electron chi connectivity index (χ2n) is 9.80. The minimum atomic E-state index is -1.15. The van der Waals surface area contributed by atoms with Crippen molar-refractivity contribution < 1.29 is 24.3 Å². The Morgan fingerprint density at radius 1 is 0.865 bits per heavy atom. The number of carbonyl (C=O) groups is 4. The van der Waals surface area contributed by atoms with Gasteiger partial charge in [-0.1, -0.05) is 34.1 Å². The second-order valence-corrected chi connectivity index (χ2v) is 9.80. The molecule has 0 aliphatic rings. The quantitative estimate of drug-likeness (QED) is 0.0589. The molecule has 0 saturated carbocycles. The molecule has 0 aromatic carbocycles. The Morgan fingerprint density at radius 2 is 1.49 bits per heavy atom. The lowest BCUT2D eigenvalue weighted by atomic mass is 9.96. The van der Waals surface area contributed by atoms with Crippen LogP contribution in [0.3, 0.4) is 0 Å². The molecule has 0 fully saturated rings. The number of nitrogens with zero attached hydrogens (tertiary/aromatic N) is 1. The van der Waals surface area contributed by atoms with Gasteiger partial charge in [0.2, 0.25) is 17.7 Å². The second kappa shape index (κ2) is 18.3. The average molecular weight is 529 g/mol. The maximum Gasteiger partial charge on any atom is 0.326 e. The van der Waals surface area contributed by atoms with Gasteiger partial charge in [-0.25, -0.2) is 4.79 Å². The van der Waals surface area contributed by atoms with Crippen LogP contribution in [0.4, 0.5) is 0 Å². The van der Waals surface area contributed by atoms with Crippen LogP contribution in [0.5, 0.6) is 0 Å². The Kier molecular flexibility index (Phi) is 16.9. The van der Waals surface area contributed by atoms with Gasteiger partial charge in [-0.05, 0) is 56.9 Å². The third-order valence-electron chi connectivity index (χ3n) is 6.00. The topological polar surface area (TPSA) is 241 Å². The first-order valence-electron chi connectivity index (χ1n) is 13.0. The van der Waals surface area contributed by atoms with Crippen molar-refractivity contribution >= 4 is 29.7 Å². The van der Waals surface area contributed by atoms with Crippen molar-refractivity contribution in [2.75, 3.05) is 13.1 Å². The molecule has 12 N–H and O–H groups in total. The third-order valence-corrected chi connectivity index (χ3v) is 6.00. The fourth-order valence-corrected chi connectivity index (χ4v) is 3.60. The minimum Gasteiger partial charge on any atom is -0.480 e. The van der Waals surface area contributed by atoms with E-state index in [1.165, 1.54) is 0 Å². The van der Waals surface area contributed by atoms with E-state index in [4.69, 9.17) is 22.9 Å². The predicted octanol–water partition coefficient (Wildman–Crippen LogP) is -0.872. The van der Waals surface area contributed by atoms with Crippen LogP contribution >= 0.6 is 0 Å². The van der Waals surface area contributed by atoms with Crippen LogP contribution < -0.4 is 38.9 Å². The van der Waals surface area contributed by atoms with Crippen LogP contribution in [0, 0.1) is 11.8 Å². The smallest absolute Gasteiger partial charge is 0.326 e. The molecule has 0 aliphatic carbocycles. The Hall–Kier alpha value is -2.93. The summed E-state index contributed by atoms with van der Waals surface area (Å²) in [5.74, 6) is -3.04. The third kappa shape index (κ3) is 14.4. The molecule has 37 heavy (non-hydrogen) atoms. The Bertz CT molecular complexity index is 757. The number of rotatable bonds is 19. The Morgan fingerprint density at radius 3 is 2.00 bits per heavy atom. The number of aliphatic imine (C=N–C) groups is 1. The fourth-order valence-electron chi connectivity index (χ4n) is 3.60. The number of aliphatic carboxylic acids is 1. The summed E-state index contributed by atoms with van der Waals surface area (Å²) in [6.45, 7) is 8.21. The first-order chi connectivity index (χ1) is 17.3. The van der Waals surface area contributed by atoms with Gasteiger partial charge in [0.05, 0.1) is 6.04 Å². The van der Waals surface area contributed by atoms with E-state index in [1.807, 2.05) is 27.7 Å². The largest absolute Gasteiger partial charge is 0.480 e. The van der Waals surface area contributed by atoms with E-state index in [1.54, 1.807) is 0 Å². The molecule has 0 aliphatic heterocycles. The van der Waals surface area contributed by atoms with Gasteiger partial charge < -0.3 is 44.0 Å². The number of amides is 3. The Balaban J connectivity index is 5.42. The van der Waals surface area contributed by atoms with Gasteiger partial charge in [-0.15, -0.1) is 0 Å². The molecule has 0 spiro atoms. The molecule has 0 rings (SSSR count). The van der Waals surface area contributed by atoms with Gasteiger partial charge in [0.1, 0.15) is 18.1 Å². The van der Waals surface area contributed by atoms with E-state index in [0.29, 0.717) is 45.2 Å². The summed E-state index contributed by atoms with van der Waals surface area (Å²) in [7, 11) is 0. The van der Waals surface area contributed by atoms with Gasteiger partial charge in [0.25, 0.3) is 0 Å². The van der Waals surface area contributed by atoms with Crippen molar-refractivity contribution in [3.63, 3.8) is 0 Å². The van der Waals surface area contributed by atoms with E-state index in [9.17, 15) is 24.3 Å². The van der Waals surface area contributed by atoms with E-state index >= 15 is 0 Å². The maximum atomic E-state index is 13.2. The highest BCUT2D eigenvalue weighted by Gasteiger charge is 2.32. The van der Waals surface area contributed by atoms with E-state index in [2.05, 4.69) is 20.9 Å². The van der Waals surface area contributed by atoms with Crippen molar-refractivity contribution in [2.24, 2.45) is 39.8 Å². The number of guanidine groups is 1. The fraction of sp³-hybridized carbons (Fsp3) is 0.792. The van der Waals surface area contributed by atoms with Crippen molar-refractivity contribution in [2.45, 2.75) is 96.8 Å². The molecule has 0 aromatic rings. The lowest BCUT2D eigenvalue weighted by Crippen LogP contribution is -2.58.